The molecule has 2 aromatic carbocycles. The van der Waals surface area contributed by atoms with E-state index in [2.05, 4.69) is 32.7 Å². The standard InChI is InChI=1S/C24H34N4O4.HI/c1-25-24(26-16-18-5-10-22(30-3)23(15-18)31-4)27-17-21(28-11-13-32-14-12-28)19-6-8-20(29-2)9-7-19;/h5-10,15,21H,11-14,16-17H2,1-4H3,(H2,25,26,27);1H. The third kappa shape index (κ3) is 7.65. The average Bonchev–Trinajstić information content (AvgIpc) is 2.86. The summed E-state index contributed by atoms with van der Waals surface area (Å²) in [6.07, 6.45) is 0. The summed E-state index contributed by atoms with van der Waals surface area (Å²) >= 11 is 0. The fourth-order valence-electron chi connectivity index (χ4n) is 3.76. The average molecular weight is 570 g/mol. The van der Waals surface area contributed by atoms with Crippen molar-refractivity contribution < 1.29 is 18.9 Å². The summed E-state index contributed by atoms with van der Waals surface area (Å²) in [5.41, 5.74) is 2.31. The van der Waals surface area contributed by atoms with Crippen molar-refractivity contribution in [1.82, 2.24) is 15.5 Å². The van der Waals surface area contributed by atoms with Crippen molar-refractivity contribution in [3.8, 4) is 17.2 Å². The Labute approximate surface area is 213 Å². The minimum Gasteiger partial charge on any atom is -0.497 e. The molecule has 3 rings (SSSR count). The van der Waals surface area contributed by atoms with Gasteiger partial charge in [-0.05, 0) is 35.4 Å². The third-order valence-corrected chi connectivity index (χ3v) is 5.58. The van der Waals surface area contributed by atoms with E-state index in [1.807, 2.05) is 30.3 Å². The molecule has 1 saturated heterocycles. The molecule has 1 aliphatic heterocycles. The number of benzene rings is 2. The Kier molecular flexibility index (Phi) is 11.6. The summed E-state index contributed by atoms with van der Waals surface area (Å²) in [6.45, 7) is 4.63. The molecule has 8 nitrogen and oxygen atoms in total. The predicted octanol–water partition coefficient (Wildman–Crippen LogP) is 3.07. The molecule has 0 amide bonds. The molecule has 0 aromatic heterocycles. The number of aliphatic imine (C=N–C) groups is 1. The van der Waals surface area contributed by atoms with Gasteiger partial charge in [-0.2, -0.15) is 0 Å². The zero-order valence-electron chi connectivity index (χ0n) is 19.8. The Bertz CT molecular complexity index is 873. The fourth-order valence-corrected chi connectivity index (χ4v) is 3.76. The molecule has 2 aromatic rings. The lowest BCUT2D eigenvalue weighted by Gasteiger charge is -2.35. The number of morpholine rings is 1. The van der Waals surface area contributed by atoms with Crippen LogP contribution in [-0.4, -0.2) is 72.1 Å². The largest absolute Gasteiger partial charge is 0.497 e. The van der Waals surface area contributed by atoms with Gasteiger partial charge in [0, 0.05) is 33.2 Å². The number of rotatable bonds is 9. The topological polar surface area (TPSA) is 76.6 Å². The van der Waals surface area contributed by atoms with Crippen molar-refractivity contribution >= 4 is 29.9 Å². The zero-order chi connectivity index (χ0) is 22.8. The van der Waals surface area contributed by atoms with Crippen molar-refractivity contribution in [3.63, 3.8) is 0 Å². The van der Waals surface area contributed by atoms with Gasteiger partial charge in [0.25, 0.3) is 0 Å². The van der Waals surface area contributed by atoms with E-state index < -0.39 is 0 Å². The second kappa shape index (κ2) is 14.1. The van der Waals surface area contributed by atoms with Crippen molar-refractivity contribution in [3.05, 3.63) is 53.6 Å². The Morgan fingerprint density at radius 1 is 0.970 bits per heavy atom. The maximum Gasteiger partial charge on any atom is 0.191 e. The Morgan fingerprint density at radius 3 is 2.27 bits per heavy atom. The van der Waals surface area contributed by atoms with Crippen LogP contribution in [0.25, 0.3) is 0 Å². The van der Waals surface area contributed by atoms with E-state index in [1.54, 1.807) is 28.4 Å². The van der Waals surface area contributed by atoms with Crippen molar-refractivity contribution in [2.75, 3.05) is 61.2 Å². The van der Waals surface area contributed by atoms with Gasteiger partial charge in [0.1, 0.15) is 5.75 Å². The summed E-state index contributed by atoms with van der Waals surface area (Å²) in [4.78, 5) is 6.84. The number of methoxy groups -OCH3 is 3. The highest BCUT2D eigenvalue weighted by Crippen LogP contribution is 2.27. The van der Waals surface area contributed by atoms with E-state index >= 15 is 0 Å². The number of hydrogen-bond donors (Lipinski definition) is 2. The fraction of sp³-hybridized carbons (Fsp3) is 0.458. The number of guanidine groups is 1. The number of ether oxygens (including phenoxy) is 4. The number of nitrogens with one attached hydrogen (secondary N) is 2. The highest BCUT2D eigenvalue weighted by Gasteiger charge is 2.23. The van der Waals surface area contributed by atoms with Crippen LogP contribution in [0.4, 0.5) is 0 Å². The van der Waals surface area contributed by atoms with Crippen LogP contribution in [0.2, 0.25) is 0 Å². The lowest BCUT2D eigenvalue weighted by Crippen LogP contribution is -2.46. The molecule has 0 spiro atoms. The third-order valence-electron chi connectivity index (χ3n) is 5.58. The second-order valence-electron chi connectivity index (χ2n) is 7.43. The highest BCUT2D eigenvalue weighted by molar-refractivity contribution is 14.0. The van der Waals surface area contributed by atoms with Crippen LogP contribution in [0.15, 0.2) is 47.5 Å². The maximum atomic E-state index is 5.55. The van der Waals surface area contributed by atoms with Gasteiger partial charge in [0.05, 0.1) is 40.6 Å². The van der Waals surface area contributed by atoms with Crippen LogP contribution in [0, 0.1) is 0 Å². The molecule has 9 heteroatoms. The molecule has 0 radical (unpaired) electrons. The van der Waals surface area contributed by atoms with Crippen LogP contribution in [0.5, 0.6) is 17.2 Å². The van der Waals surface area contributed by atoms with Crippen molar-refractivity contribution in [1.29, 1.82) is 0 Å². The first kappa shape index (κ1) is 27.0. The number of halogens is 1. The van der Waals surface area contributed by atoms with Gasteiger partial charge < -0.3 is 29.6 Å². The Balaban J connectivity index is 0.00000385. The first-order valence-electron chi connectivity index (χ1n) is 10.8. The van der Waals surface area contributed by atoms with E-state index in [0.29, 0.717) is 18.0 Å². The first-order chi connectivity index (χ1) is 15.7. The molecule has 1 unspecified atom stereocenters. The minimum atomic E-state index is 0. The lowest BCUT2D eigenvalue weighted by molar-refractivity contribution is 0.0170. The molecule has 0 saturated carbocycles. The summed E-state index contributed by atoms with van der Waals surface area (Å²) in [6, 6.07) is 14.3. The molecule has 33 heavy (non-hydrogen) atoms. The molecule has 0 bridgehead atoms. The van der Waals surface area contributed by atoms with Gasteiger partial charge in [-0.25, -0.2) is 0 Å². The lowest BCUT2D eigenvalue weighted by atomic mass is 10.0. The van der Waals surface area contributed by atoms with Crippen LogP contribution in [0.3, 0.4) is 0 Å². The summed E-state index contributed by atoms with van der Waals surface area (Å²) in [5.74, 6) is 3.02. The number of nitrogens with zero attached hydrogens (tertiary/aromatic N) is 2. The van der Waals surface area contributed by atoms with Crippen LogP contribution < -0.4 is 24.8 Å². The SMILES string of the molecule is CN=C(NCc1ccc(OC)c(OC)c1)NCC(c1ccc(OC)cc1)N1CCOCC1.I. The molecular formula is C24H35IN4O4. The molecule has 0 aliphatic carbocycles. The molecule has 1 fully saturated rings. The maximum absolute atomic E-state index is 5.55. The van der Waals surface area contributed by atoms with Gasteiger partial charge >= 0.3 is 0 Å². The van der Waals surface area contributed by atoms with Gasteiger partial charge in [-0.1, -0.05) is 18.2 Å². The molecule has 2 N–H and O–H groups in total. The van der Waals surface area contributed by atoms with Gasteiger partial charge in [0.15, 0.2) is 17.5 Å². The number of hydrogen-bond acceptors (Lipinski definition) is 6. The van der Waals surface area contributed by atoms with E-state index in [0.717, 1.165) is 50.1 Å². The molecule has 182 valence electrons. The van der Waals surface area contributed by atoms with E-state index in [4.69, 9.17) is 18.9 Å². The second-order valence-corrected chi connectivity index (χ2v) is 7.43. The van der Waals surface area contributed by atoms with Gasteiger partial charge in [0.2, 0.25) is 0 Å². The van der Waals surface area contributed by atoms with E-state index in [1.165, 1.54) is 5.56 Å². The van der Waals surface area contributed by atoms with E-state index in [-0.39, 0.29) is 30.0 Å². The first-order valence-corrected chi connectivity index (χ1v) is 10.8. The molecule has 1 atom stereocenters. The zero-order valence-corrected chi connectivity index (χ0v) is 22.1. The minimum absolute atomic E-state index is 0. The van der Waals surface area contributed by atoms with Crippen LogP contribution >= 0.6 is 24.0 Å². The van der Waals surface area contributed by atoms with Crippen molar-refractivity contribution in [2.24, 2.45) is 4.99 Å². The monoisotopic (exact) mass is 570 g/mol. The smallest absolute Gasteiger partial charge is 0.191 e. The van der Waals surface area contributed by atoms with Crippen LogP contribution in [-0.2, 0) is 11.3 Å². The van der Waals surface area contributed by atoms with Crippen molar-refractivity contribution in [2.45, 2.75) is 12.6 Å². The quantitative estimate of drug-likeness (QED) is 0.273. The van der Waals surface area contributed by atoms with E-state index in [9.17, 15) is 0 Å². The molecule has 1 heterocycles. The normalized spacial score (nSPS) is 15.2. The van der Waals surface area contributed by atoms with Gasteiger partial charge in [-0.3, -0.25) is 9.89 Å². The molecule has 1 aliphatic rings. The summed E-state index contributed by atoms with van der Waals surface area (Å²) in [7, 11) is 6.74. The highest BCUT2D eigenvalue weighted by atomic mass is 127. The summed E-state index contributed by atoms with van der Waals surface area (Å²) in [5, 5.41) is 6.87. The van der Waals surface area contributed by atoms with Gasteiger partial charge in [-0.15, -0.1) is 24.0 Å². The predicted molar refractivity (Wildman–Crippen MR) is 141 cm³/mol. The molecular weight excluding hydrogens is 535 g/mol. The van der Waals surface area contributed by atoms with Crippen LogP contribution in [0.1, 0.15) is 17.2 Å². The summed E-state index contributed by atoms with van der Waals surface area (Å²) < 4.78 is 21.6. The Hall–Kier alpha value is -2.24. The Morgan fingerprint density at radius 2 is 1.67 bits per heavy atom.